The van der Waals surface area contributed by atoms with E-state index in [9.17, 15) is 9.59 Å². The highest BCUT2D eigenvalue weighted by Gasteiger charge is 2.27. The number of carbonyl (C=O) groups excluding carboxylic acids is 2. The monoisotopic (exact) mass is 429 g/mol. The van der Waals surface area contributed by atoms with Crippen molar-refractivity contribution in [3.05, 3.63) is 40.7 Å². The fraction of sp³-hybridized carbons (Fsp3) is 0.458. The first-order valence-corrected chi connectivity index (χ1v) is 10.4. The molecule has 0 radical (unpaired) electrons. The Morgan fingerprint density at radius 2 is 1.48 bits per heavy atom. The molecule has 0 N–H and O–H groups in total. The Bertz CT molecular complexity index is 898. The number of ether oxygens (including phenoxy) is 4. The summed E-state index contributed by atoms with van der Waals surface area (Å²) >= 11 is 0. The molecule has 0 fully saturated rings. The lowest BCUT2D eigenvalue weighted by Gasteiger charge is -2.18. The predicted molar refractivity (Wildman–Crippen MR) is 118 cm³/mol. The van der Waals surface area contributed by atoms with Crippen LogP contribution in [0, 0.1) is 13.8 Å². The fourth-order valence-corrected chi connectivity index (χ4v) is 3.50. The summed E-state index contributed by atoms with van der Waals surface area (Å²) in [6.07, 6.45) is 4.40. The number of nitrogens with zero attached hydrogens (tertiary/aromatic N) is 1. The van der Waals surface area contributed by atoms with Gasteiger partial charge in [-0.1, -0.05) is 32.3 Å². The average molecular weight is 430 g/mol. The number of carbonyl (C=O) groups is 2. The minimum Gasteiger partial charge on any atom is -0.493 e. The molecule has 168 valence electrons. The lowest BCUT2D eigenvalue weighted by atomic mass is 9.92. The van der Waals surface area contributed by atoms with Crippen molar-refractivity contribution in [1.82, 2.24) is 4.98 Å². The highest BCUT2D eigenvalue weighted by molar-refractivity contribution is 6.07. The van der Waals surface area contributed by atoms with Crippen LogP contribution in [0.5, 0.6) is 11.5 Å². The van der Waals surface area contributed by atoms with Crippen LogP contribution in [0.4, 0.5) is 0 Å². The molecule has 1 heterocycles. The second kappa shape index (κ2) is 11.3. The van der Waals surface area contributed by atoms with Crippen molar-refractivity contribution in [2.24, 2.45) is 0 Å². The molecule has 0 unspecified atom stereocenters. The van der Waals surface area contributed by atoms with E-state index in [-0.39, 0.29) is 11.1 Å². The minimum atomic E-state index is -0.583. The maximum Gasteiger partial charge on any atom is 0.340 e. The van der Waals surface area contributed by atoms with Gasteiger partial charge in [-0.25, -0.2) is 9.59 Å². The molecule has 0 amide bonds. The zero-order chi connectivity index (χ0) is 23.0. The molecule has 7 nitrogen and oxygen atoms in total. The van der Waals surface area contributed by atoms with Crippen LogP contribution < -0.4 is 9.47 Å². The smallest absolute Gasteiger partial charge is 0.340 e. The second-order valence-electron chi connectivity index (χ2n) is 7.17. The molecule has 1 aromatic carbocycles. The number of rotatable bonds is 10. The lowest BCUT2D eigenvalue weighted by molar-refractivity contribution is 0.0599. The van der Waals surface area contributed by atoms with Crippen LogP contribution in [0.15, 0.2) is 18.2 Å². The number of unbranched alkanes of at least 4 members (excludes halogenated alkanes) is 3. The van der Waals surface area contributed by atoms with E-state index in [2.05, 4.69) is 11.9 Å². The topological polar surface area (TPSA) is 84.0 Å². The van der Waals surface area contributed by atoms with Gasteiger partial charge in [-0.3, -0.25) is 4.98 Å². The van der Waals surface area contributed by atoms with E-state index in [0.717, 1.165) is 19.3 Å². The molecule has 0 atom stereocenters. The van der Waals surface area contributed by atoms with E-state index in [1.165, 1.54) is 20.6 Å². The van der Waals surface area contributed by atoms with Gasteiger partial charge in [0.15, 0.2) is 11.5 Å². The zero-order valence-electron chi connectivity index (χ0n) is 19.2. The molecule has 0 saturated carbocycles. The van der Waals surface area contributed by atoms with Crippen LogP contribution >= 0.6 is 0 Å². The first-order valence-electron chi connectivity index (χ1n) is 10.4. The van der Waals surface area contributed by atoms with Gasteiger partial charge in [0.1, 0.15) is 0 Å². The van der Waals surface area contributed by atoms with Gasteiger partial charge in [-0.05, 0) is 38.0 Å². The molecule has 0 aliphatic rings. The summed E-state index contributed by atoms with van der Waals surface area (Å²) in [4.78, 5) is 29.5. The fourth-order valence-electron chi connectivity index (χ4n) is 3.50. The summed E-state index contributed by atoms with van der Waals surface area (Å²) < 4.78 is 21.3. The van der Waals surface area contributed by atoms with Gasteiger partial charge in [0.05, 0.1) is 50.5 Å². The van der Waals surface area contributed by atoms with Gasteiger partial charge in [0, 0.05) is 5.56 Å². The van der Waals surface area contributed by atoms with Crippen molar-refractivity contribution >= 4 is 11.9 Å². The van der Waals surface area contributed by atoms with Crippen LogP contribution in [0.1, 0.15) is 64.7 Å². The van der Waals surface area contributed by atoms with Crippen molar-refractivity contribution in [3.8, 4) is 22.6 Å². The van der Waals surface area contributed by atoms with Crippen molar-refractivity contribution in [2.45, 2.75) is 46.5 Å². The summed E-state index contributed by atoms with van der Waals surface area (Å²) in [5, 5.41) is 0. The normalized spacial score (nSPS) is 10.5. The Kier molecular flexibility index (Phi) is 8.85. The first-order chi connectivity index (χ1) is 14.9. The van der Waals surface area contributed by atoms with Gasteiger partial charge in [0.2, 0.25) is 0 Å². The Morgan fingerprint density at radius 3 is 2.00 bits per heavy atom. The van der Waals surface area contributed by atoms with E-state index in [1.807, 2.05) is 0 Å². The molecule has 0 aliphatic heterocycles. The molecule has 0 bridgehead atoms. The third-order valence-corrected chi connectivity index (χ3v) is 5.05. The Balaban J connectivity index is 2.58. The quantitative estimate of drug-likeness (QED) is 0.392. The largest absolute Gasteiger partial charge is 0.493 e. The summed E-state index contributed by atoms with van der Waals surface area (Å²) in [6.45, 7) is 6.16. The Hall–Kier alpha value is -3.09. The molecule has 2 aromatic rings. The highest BCUT2D eigenvalue weighted by atomic mass is 16.5. The maximum absolute atomic E-state index is 12.6. The van der Waals surface area contributed by atoms with Crippen molar-refractivity contribution in [3.63, 3.8) is 0 Å². The molecule has 0 spiro atoms. The third-order valence-electron chi connectivity index (χ3n) is 5.05. The van der Waals surface area contributed by atoms with Crippen LogP contribution in [0.2, 0.25) is 0 Å². The second-order valence-corrected chi connectivity index (χ2v) is 7.17. The van der Waals surface area contributed by atoms with Gasteiger partial charge < -0.3 is 18.9 Å². The van der Waals surface area contributed by atoms with Gasteiger partial charge in [0.25, 0.3) is 0 Å². The van der Waals surface area contributed by atoms with Gasteiger partial charge in [-0.2, -0.15) is 0 Å². The standard InChI is InChI=1S/C24H31NO6/c1-7-8-9-10-13-31-18-12-11-17(14-19(18)28-4)22-20(23(26)29-5)15(2)25-16(3)21(22)24(27)30-6/h11-12,14H,7-10,13H2,1-6H3. The number of esters is 2. The Morgan fingerprint density at radius 1 is 0.871 bits per heavy atom. The molecule has 0 aliphatic carbocycles. The number of hydrogen-bond donors (Lipinski definition) is 0. The number of methoxy groups -OCH3 is 3. The molecule has 1 aromatic heterocycles. The van der Waals surface area contributed by atoms with E-state index in [0.29, 0.717) is 40.6 Å². The van der Waals surface area contributed by atoms with E-state index in [4.69, 9.17) is 18.9 Å². The maximum atomic E-state index is 12.6. The summed E-state index contributed by atoms with van der Waals surface area (Å²) in [6, 6.07) is 5.31. The van der Waals surface area contributed by atoms with E-state index < -0.39 is 11.9 Å². The zero-order valence-corrected chi connectivity index (χ0v) is 19.2. The van der Waals surface area contributed by atoms with E-state index >= 15 is 0 Å². The lowest BCUT2D eigenvalue weighted by Crippen LogP contribution is -2.16. The first kappa shape index (κ1) is 24.2. The molecule has 7 heteroatoms. The summed E-state index contributed by atoms with van der Waals surface area (Å²) in [7, 11) is 4.13. The minimum absolute atomic E-state index is 0.212. The summed E-state index contributed by atoms with van der Waals surface area (Å²) in [5.74, 6) is -0.0584. The van der Waals surface area contributed by atoms with Crippen LogP contribution in [-0.2, 0) is 9.47 Å². The predicted octanol–water partition coefficient (Wildman–Crippen LogP) is 4.91. The number of aromatic nitrogens is 1. The molecule has 31 heavy (non-hydrogen) atoms. The SMILES string of the molecule is CCCCCCOc1ccc(-c2c(C(=O)OC)c(C)nc(C)c2C(=O)OC)cc1OC. The number of pyridine rings is 1. The van der Waals surface area contributed by atoms with Crippen molar-refractivity contribution in [1.29, 1.82) is 0 Å². The molecule has 2 rings (SSSR count). The van der Waals surface area contributed by atoms with Gasteiger partial charge in [-0.15, -0.1) is 0 Å². The average Bonchev–Trinajstić information content (AvgIpc) is 2.77. The van der Waals surface area contributed by atoms with Crippen LogP contribution in [-0.4, -0.2) is 44.9 Å². The third kappa shape index (κ3) is 5.54. The molecular weight excluding hydrogens is 398 g/mol. The van der Waals surface area contributed by atoms with Crippen molar-refractivity contribution in [2.75, 3.05) is 27.9 Å². The van der Waals surface area contributed by atoms with Gasteiger partial charge >= 0.3 is 11.9 Å². The molecule has 0 saturated heterocycles. The van der Waals surface area contributed by atoms with Crippen molar-refractivity contribution < 1.29 is 28.5 Å². The van der Waals surface area contributed by atoms with Crippen LogP contribution in [0.3, 0.4) is 0 Å². The molecular formula is C24H31NO6. The highest BCUT2D eigenvalue weighted by Crippen LogP contribution is 2.37. The van der Waals surface area contributed by atoms with E-state index in [1.54, 1.807) is 39.2 Å². The van der Waals surface area contributed by atoms with Crippen LogP contribution in [0.25, 0.3) is 11.1 Å². The number of benzene rings is 1. The summed E-state index contributed by atoms with van der Waals surface area (Å²) in [5.41, 5.74) is 2.35. The number of hydrogen-bond acceptors (Lipinski definition) is 7. The number of aryl methyl sites for hydroxylation is 2. The Labute approximate surface area is 183 Å².